The number of methoxy groups -OCH3 is 1. The Labute approximate surface area is 258 Å². The molecule has 0 spiro atoms. The first-order chi connectivity index (χ1) is 20.3. The maximum atomic E-state index is 13.8. The quantitative estimate of drug-likeness (QED) is 0.258. The molecule has 4 aliphatic carbocycles. The van der Waals surface area contributed by atoms with Gasteiger partial charge in [-0.05, 0) is 105 Å². The highest BCUT2D eigenvalue weighted by Gasteiger charge is 2.69. The van der Waals surface area contributed by atoms with E-state index in [-0.39, 0.29) is 59.6 Å². The minimum Gasteiger partial charge on any atom is -0.394 e. The lowest BCUT2D eigenvalue weighted by atomic mass is 9.46. The summed E-state index contributed by atoms with van der Waals surface area (Å²) in [5.41, 5.74) is -2.82. The highest BCUT2D eigenvalue weighted by Crippen LogP contribution is 2.68. The zero-order valence-electron chi connectivity index (χ0n) is 27.4. The first-order valence-electron chi connectivity index (χ1n) is 17.1. The minimum atomic E-state index is -1.52. The third-order valence-corrected chi connectivity index (χ3v) is 13.3. The molecule has 5 aliphatic rings. The van der Waals surface area contributed by atoms with Crippen molar-refractivity contribution in [3.8, 4) is 0 Å². The molecule has 246 valence electrons. The number of aliphatic hydroxyl groups is 4. The van der Waals surface area contributed by atoms with Crippen molar-refractivity contribution in [2.75, 3.05) is 26.9 Å². The maximum absolute atomic E-state index is 13.8. The Hall–Kier alpha value is -0.870. The number of hydrogen-bond acceptors (Lipinski definition) is 8. The van der Waals surface area contributed by atoms with Gasteiger partial charge in [-0.25, -0.2) is 0 Å². The summed E-state index contributed by atoms with van der Waals surface area (Å²) in [4.78, 5) is 13.8. The molecule has 13 atom stereocenters. The van der Waals surface area contributed by atoms with Crippen LogP contribution in [0.4, 0.5) is 0 Å². The molecule has 5 rings (SSSR count). The van der Waals surface area contributed by atoms with Crippen LogP contribution < -0.4 is 0 Å². The van der Waals surface area contributed by atoms with Crippen molar-refractivity contribution < 1.29 is 39.4 Å². The predicted octanol–water partition coefficient (Wildman–Crippen LogP) is 4.21. The van der Waals surface area contributed by atoms with E-state index >= 15 is 0 Å². The Kier molecular flexibility index (Phi) is 9.65. The van der Waals surface area contributed by atoms with E-state index < -0.39 is 28.8 Å². The number of rotatable bonds is 11. The Bertz CT molecular complexity index is 1040. The summed E-state index contributed by atoms with van der Waals surface area (Å²) in [5.74, 6) is -0.194. The summed E-state index contributed by atoms with van der Waals surface area (Å²) >= 11 is 0. The minimum absolute atomic E-state index is 0.0166. The van der Waals surface area contributed by atoms with Crippen LogP contribution in [0.5, 0.6) is 0 Å². The van der Waals surface area contributed by atoms with Crippen molar-refractivity contribution in [3.05, 3.63) is 11.6 Å². The van der Waals surface area contributed by atoms with Crippen molar-refractivity contribution in [2.24, 2.45) is 40.4 Å². The number of fused-ring (bicyclic) bond motifs is 5. The van der Waals surface area contributed by atoms with Crippen LogP contribution in [-0.2, 0) is 19.0 Å². The summed E-state index contributed by atoms with van der Waals surface area (Å²) in [6, 6.07) is 0. The van der Waals surface area contributed by atoms with Gasteiger partial charge in [-0.15, -0.1) is 0 Å². The van der Waals surface area contributed by atoms with E-state index in [0.29, 0.717) is 32.5 Å². The maximum Gasteiger partial charge on any atom is 0.159 e. The first-order valence-corrected chi connectivity index (χ1v) is 17.1. The molecule has 0 aromatic carbocycles. The van der Waals surface area contributed by atoms with Gasteiger partial charge in [-0.3, -0.25) is 4.79 Å². The van der Waals surface area contributed by atoms with Gasteiger partial charge in [0.25, 0.3) is 0 Å². The normalized spacial score (nSPS) is 46.5. The molecule has 43 heavy (non-hydrogen) atoms. The van der Waals surface area contributed by atoms with Gasteiger partial charge in [-0.1, -0.05) is 34.1 Å². The second-order valence-corrected chi connectivity index (χ2v) is 15.4. The molecule has 8 nitrogen and oxygen atoms in total. The Balaban J connectivity index is 1.37. The van der Waals surface area contributed by atoms with Crippen LogP contribution in [-0.4, -0.2) is 88.8 Å². The molecule has 13 unspecified atom stereocenters. The lowest BCUT2D eigenvalue weighted by Gasteiger charge is -2.60. The van der Waals surface area contributed by atoms with Crippen LogP contribution in [0.25, 0.3) is 0 Å². The molecule has 0 aromatic rings. The van der Waals surface area contributed by atoms with Crippen molar-refractivity contribution in [1.82, 2.24) is 0 Å². The van der Waals surface area contributed by atoms with Gasteiger partial charge in [0.15, 0.2) is 5.78 Å². The van der Waals surface area contributed by atoms with Crippen molar-refractivity contribution in [3.63, 3.8) is 0 Å². The average Bonchev–Trinajstić information content (AvgIpc) is 3.44. The zero-order valence-corrected chi connectivity index (χ0v) is 27.4. The largest absolute Gasteiger partial charge is 0.394 e. The SMILES string of the molecule is CCCC1C(CO)OC(C(O)C(C)(O)C2CCC3(O)C4=CC(=O)C5CC(OCCCOC)CCC5(C)C4CCC23C)C1C. The van der Waals surface area contributed by atoms with Gasteiger partial charge in [0, 0.05) is 31.7 Å². The smallest absolute Gasteiger partial charge is 0.159 e. The summed E-state index contributed by atoms with van der Waals surface area (Å²) in [5, 5.41) is 46.5. The zero-order chi connectivity index (χ0) is 31.4. The van der Waals surface area contributed by atoms with Gasteiger partial charge < -0.3 is 34.6 Å². The van der Waals surface area contributed by atoms with Gasteiger partial charge >= 0.3 is 0 Å². The number of ether oxygens (including phenoxy) is 3. The van der Waals surface area contributed by atoms with Gasteiger partial charge in [0.1, 0.15) is 6.10 Å². The number of carbonyl (C=O) groups excluding carboxylic acids is 1. The number of carbonyl (C=O) groups is 1. The molecule has 4 fully saturated rings. The highest BCUT2D eigenvalue weighted by atomic mass is 16.5. The summed E-state index contributed by atoms with van der Waals surface area (Å²) < 4.78 is 17.5. The van der Waals surface area contributed by atoms with Crippen LogP contribution in [0.15, 0.2) is 11.6 Å². The van der Waals surface area contributed by atoms with Crippen LogP contribution in [0.3, 0.4) is 0 Å². The molecule has 8 heteroatoms. The molecule has 0 bridgehead atoms. The fourth-order valence-electron chi connectivity index (χ4n) is 10.7. The average molecular weight is 607 g/mol. The fraction of sp³-hybridized carbons (Fsp3) is 0.914. The van der Waals surface area contributed by atoms with Gasteiger partial charge in [0.2, 0.25) is 0 Å². The molecule has 0 amide bonds. The second kappa shape index (κ2) is 12.4. The van der Waals surface area contributed by atoms with Crippen LogP contribution >= 0.6 is 0 Å². The third-order valence-electron chi connectivity index (χ3n) is 13.3. The third kappa shape index (κ3) is 5.29. The van der Waals surface area contributed by atoms with Crippen molar-refractivity contribution in [1.29, 1.82) is 0 Å². The van der Waals surface area contributed by atoms with Crippen molar-refractivity contribution >= 4 is 5.78 Å². The topological polar surface area (TPSA) is 126 Å². The fourth-order valence-corrected chi connectivity index (χ4v) is 10.7. The summed E-state index contributed by atoms with van der Waals surface area (Å²) in [7, 11) is 1.69. The molecule has 3 saturated carbocycles. The summed E-state index contributed by atoms with van der Waals surface area (Å²) in [6.45, 7) is 11.4. The highest BCUT2D eigenvalue weighted by molar-refractivity contribution is 5.95. The number of hydrogen-bond donors (Lipinski definition) is 4. The molecule has 0 radical (unpaired) electrons. The first kappa shape index (κ1) is 33.5. The van der Waals surface area contributed by atoms with E-state index in [2.05, 4.69) is 20.8 Å². The molecule has 4 N–H and O–H groups in total. The number of ketones is 1. The van der Waals surface area contributed by atoms with E-state index in [1.165, 1.54) is 0 Å². The summed E-state index contributed by atoms with van der Waals surface area (Å²) in [6.07, 6.45) is 7.48. The van der Waals surface area contributed by atoms with E-state index in [0.717, 1.165) is 50.5 Å². The lowest BCUT2D eigenvalue weighted by molar-refractivity contribution is -0.197. The monoisotopic (exact) mass is 606 g/mol. The van der Waals surface area contributed by atoms with Crippen molar-refractivity contribution in [2.45, 2.75) is 134 Å². The molecule has 1 aliphatic heterocycles. The van der Waals surface area contributed by atoms with E-state index in [1.807, 2.05) is 6.92 Å². The van der Waals surface area contributed by atoms with Crippen LogP contribution in [0.2, 0.25) is 0 Å². The standard InChI is InChI=1S/C35H58O8/c1-7-9-23-21(2)30(43-28(23)20-36)31(38)34(5,39)29-12-15-35(40)25-19-27(37)26-18-22(42-17-8-16-41-6)10-13-32(26,3)24(25)11-14-33(29,35)4/h19,21-24,26,28-31,36,38-40H,7-18,20H2,1-6H3. The van der Waals surface area contributed by atoms with E-state index in [1.54, 1.807) is 20.1 Å². The second-order valence-electron chi connectivity index (χ2n) is 15.4. The van der Waals surface area contributed by atoms with E-state index in [9.17, 15) is 25.2 Å². The van der Waals surface area contributed by atoms with Gasteiger partial charge in [0.05, 0.1) is 36.1 Å². The van der Waals surface area contributed by atoms with E-state index in [4.69, 9.17) is 14.2 Å². The molecule has 1 saturated heterocycles. The molecule has 1 heterocycles. The number of aliphatic hydroxyl groups excluding tert-OH is 2. The molecular weight excluding hydrogens is 548 g/mol. The Morgan fingerprint density at radius 1 is 1.14 bits per heavy atom. The van der Waals surface area contributed by atoms with Gasteiger partial charge in [-0.2, -0.15) is 0 Å². The predicted molar refractivity (Wildman–Crippen MR) is 163 cm³/mol. The van der Waals surface area contributed by atoms with Crippen LogP contribution in [0, 0.1) is 40.4 Å². The molecule has 0 aromatic heterocycles. The lowest BCUT2D eigenvalue weighted by Crippen LogP contribution is -2.63. The number of allylic oxidation sites excluding steroid dienone is 1. The Morgan fingerprint density at radius 2 is 1.88 bits per heavy atom. The molecular formula is C35H58O8. The van der Waals surface area contributed by atoms with Crippen LogP contribution in [0.1, 0.15) is 98.8 Å². The Morgan fingerprint density at radius 3 is 2.56 bits per heavy atom.